The number of hydrogen-bond acceptors (Lipinski definition) is 4. The van der Waals surface area contributed by atoms with Gasteiger partial charge in [0.25, 0.3) is 0 Å². The highest BCUT2D eigenvalue weighted by molar-refractivity contribution is 5.83. The largest absolute Gasteiger partial charge is 0.379 e. The average Bonchev–Trinajstić information content (AvgIpc) is 2.64. The first kappa shape index (κ1) is 18.3. The van der Waals surface area contributed by atoms with Gasteiger partial charge in [-0.2, -0.15) is 0 Å². The molecule has 2 fully saturated rings. The number of carbonyl (C=O) groups is 1. The Bertz CT molecular complexity index is 582. The first-order valence-corrected chi connectivity index (χ1v) is 9.18. The van der Waals surface area contributed by atoms with Gasteiger partial charge >= 0.3 is 0 Å². The van der Waals surface area contributed by atoms with E-state index in [1.165, 1.54) is 6.07 Å². The van der Waals surface area contributed by atoms with E-state index in [4.69, 9.17) is 10.5 Å². The van der Waals surface area contributed by atoms with Gasteiger partial charge in [0.2, 0.25) is 5.91 Å². The summed E-state index contributed by atoms with van der Waals surface area (Å²) in [6.45, 7) is 5.84. The monoisotopic (exact) mass is 349 g/mol. The molecule has 0 radical (unpaired) electrons. The van der Waals surface area contributed by atoms with E-state index < -0.39 is 6.04 Å². The highest BCUT2D eigenvalue weighted by Gasteiger charge is 2.35. The van der Waals surface area contributed by atoms with Crippen molar-refractivity contribution >= 4 is 5.91 Å². The third kappa shape index (κ3) is 4.19. The van der Waals surface area contributed by atoms with Gasteiger partial charge in [-0.05, 0) is 31.7 Å². The molecule has 138 valence electrons. The van der Waals surface area contributed by atoms with Gasteiger partial charge in [-0.15, -0.1) is 0 Å². The van der Waals surface area contributed by atoms with E-state index in [0.717, 1.165) is 12.8 Å². The fourth-order valence-electron chi connectivity index (χ4n) is 3.84. The van der Waals surface area contributed by atoms with Gasteiger partial charge in [0.05, 0.1) is 13.2 Å². The maximum absolute atomic E-state index is 14.4. The number of ether oxygens (including phenoxy) is 1. The molecule has 0 spiro atoms. The molecule has 2 saturated heterocycles. The zero-order valence-electron chi connectivity index (χ0n) is 14.9. The lowest BCUT2D eigenvalue weighted by atomic mass is 9.90. The Kier molecular flexibility index (Phi) is 6.04. The summed E-state index contributed by atoms with van der Waals surface area (Å²) in [7, 11) is 0. The second-order valence-corrected chi connectivity index (χ2v) is 7.09. The van der Waals surface area contributed by atoms with Crippen LogP contribution >= 0.6 is 0 Å². The molecule has 6 heteroatoms. The van der Waals surface area contributed by atoms with E-state index in [0.29, 0.717) is 50.9 Å². The van der Waals surface area contributed by atoms with Crippen molar-refractivity contribution in [2.45, 2.75) is 31.8 Å². The Balaban J connectivity index is 1.79. The molecule has 2 N–H and O–H groups in total. The summed E-state index contributed by atoms with van der Waals surface area (Å²) >= 11 is 0. The Labute approximate surface area is 148 Å². The Morgan fingerprint density at radius 1 is 1.20 bits per heavy atom. The summed E-state index contributed by atoms with van der Waals surface area (Å²) < 4.78 is 19.9. The molecule has 5 nitrogen and oxygen atoms in total. The second kappa shape index (κ2) is 8.25. The van der Waals surface area contributed by atoms with Crippen molar-refractivity contribution < 1.29 is 13.9 Å². The molecule has 1 aromatic carbocycles. The molecule has 2 unspecified atom stereocenters. The molecule has 3 rings (SSSR count). The van der Waals surface area contributed by atoms with Crippen LogP contribution in [0.3, 0.4) is 0 Å². The van der Waals surface area contributed by atoms with E-state index in [1.54, 1.807) is 18.2 Å². The van der Waals surface area contributed by atoms with Crippen LogP contribution in [0.5, 0.6) is 0 Å². The van der Waals surface area contributed by atoms with Crippen molar-refractivity contribution in [2.75, 3.05) is 39.4 Å². The molecule has 0 saturated carbocycles. The van der Waals surface area contributed by atoms with Crippen LogP contribution in [0.25, 0.3) is 0 Å². The van der Waals surface area contributed by atoms with Gasteiger partial charge in [-0.1, -0.05) is 18.2 Å². The summed E-state index contributed by atoms with van der Waals surface area (Å²) in [5, 5.41) is 0. The Morgan fingerprint density at radius 3 is 2.44 bits per heavy atom. The van der Waals surface area contributed by atoms with Crippen LogP contribution in [-0.4, -0.2) is 61.1 Å². The number of carbonyl (C=O) groups excluding carboxylic acids is 1. The summed E-state index contributed by atoms with van der Waals surface area (Å²) in [6.07, 6.45) is 1.83. The minimum atomic E-state index is -0.572. The van der Waals surface area contributed by atoms with Gasteiger partial charge < -0.3 is 15.4 Å². The minimum absolute atomic E-state index is 0.00451. The first-order chi connectivity index (χ1) is 12.1. The lowest BCUT2D eigenvalue weighted by Crippen LogP contribution is -2.50. The Hall–Kier alpha value is -1.50. The van der Waals surface area contributed by atoms with Crippen molar-refractivity contribution in [3.8, 4) is 0 Å². The van der Waals surface area contributed by atoms with Crippen molar-refractivity contribution in [1.82, 2.24) is 9.80 Å². The SMILES string of the molecule is CC(N)C1CCN(C(=O)C(c2ccccc2F)N2CCOCC2)CC1. The zero-order valence-corrected chi connectivity index (χ0v) is 14.9. The molecule has 2 aliphatic heterocycles. The number of benzene rings is 1. The summed E-state index contributed by atoms with van der Waals surface area (Å²) in [6, 6.07) is 6.19. The van der Waals surface area contributed by atoms with Crippen LogP contribution in [0.4, 0.5) is 4.39 Å². The lowest BCUT2D eigenvalue weighted by Gasteiger charge is -2.40. The number of nitrogens with zero attached hydrogens (tertiary/aromatic N) is 2. The van der Waals surface area contributed by atoms with Gasteiger partial charge in [0.15, 0.2) is 0 Å². The molecular formula is C19H28FN3O2. The van der Waals surface area contributed by atoms with Gasteiger partial charge in [-0.25, -0.2) is 4.39 Å². The standard InChI is InChI=1S/C19H28FN3O2/c1-14(21)15-6-8-23(9-7-15)19(24)18(22-10-12-25-13-11-22)16-4-2-3-5-17(16)20/h2-5,14-15,18H,6-13,21H2,1H3. The normalized spacial score (nSPS) is 22.6. The van der Waals surface area contributed by atoms with Gasteiger partial charge in [-0.3, -0.25) is 9.69 Å². The van der Waals surface area contributed by atoms with Gasteiger partial charge in [0, 0.05) is 37.8 Å². The molecule has 2 aliphatic rings. The number of piperidine rings is 1. The van der Waals surface area contributed by atoms with E-state index in [9.17, 15) is 9.18 Å². The molecule has 1 aromatic rings. The molecule has 25 heavy (non-hydrogen) atoms. The quantitative estimate of drug-likeness (QED) is 0.900. The molecule has 2 heterocycles. The average molecular weight is 349 g/mol. The smallest absolute Gasteiger partial charge is 0.244 e. The Morgan fingerprint density at radius 2 is 1.84 bits per heavy atom. The third-order valence-corrected chi connectivity index (χ3v) is 5.44. The van der Waals surface area contributed by atoms with Gasteiger partial charge in [0.1, 0.15) is 11.9 Å². The highest BCUT2D eigenvalue weighted by atomic mass is 19.1. The minimum Gasteiger partial charge on any atom is -0.379 e. The van der Waals surface area contributed by atoms with Crippen LogP contribution < -0.4 is 5.73 Å². The van der Waals surface area contributed by atoms with Crippen molar-refractivity contribution in [1.29, 1.82) is 0 Å². The number of rotatable bonds is 4. The van der Waals surface area contributed by atoms with Crippen molar-refractivity contribution in [3.05, 3.63) is 35.6 Å². The molecule has 1 amide bonds. The van der Waals surface area contributed by atoms with E-state index in [1.807, 2.05) is 16.7 Å². The summed E-state index contributed by atoms with van der Waals surface area (Å²) in [4.78, 5) is 17.2. The van der Waals surface area contributed by atoms with E-state index in [2.05, 4.69) is 0 Å². The molecule has 0 bridgehead atoms. The number of likely N-dealkylation sites (tertiary alicyclic amines) is 1. The number of halogens is 1. The predicted molar refractivity (Wildman–Crippen MR) is 94.5 cm³/mol. The third-order valence-electron chi connectivity index (χ3n) is 5.44. The number of nitrogens with two attached hydrogens (primary N) is 1. The number of amides is 1. The molecule has 0 aromatic heterocycles. The van der Waals surface area contributed by atoms with Crippen LogP contribution in [0.15, 0.2) is 24.3 Å². The van der Waals surface area contributed by atoms with Crippen LogP contribution in [0, 0.1) is 11.7 Å². The maximum atomic E-state index is 14.4. The fourth-order valence-corrected chi connectivity index (χ4v) is 3.84. The summed E-state index contributed by atoms with van der Waals surface area (Å²) in [5.41, 5.74) is 6.46. The predicted octanol–water partition coefficient (Wildman–Crippen LogP) is 1.78. The number of morpholine rings is 1. The van der Waals surface area contributed by atoms with Crippen molar-refractivity contribution in [2.24, 2.45) is 11.7 Å². The zero-order chi connectivity index (χ0) is 17.8. The highest BCUT2D eigenvalue weighted by Crippen LogP contribution is 2.29. The topological polar surface area (TPSA) is 58.8 Å². The maximum Gasteiger partial charge on any atom is 0.244 e. The van der Waals surface area contributed by atoms with E-state index >= 15 is 0 Å². The van der Waals surface area contributed by atoms with Crippen LogP contribution in [0.2, 0.25) is 0 Å². The summed E-state index contributed by atoms with van der Waals surface area (Å²) in [5.74, 6) is 0.132. The molecule has 0 aliphatic carbocycles. The number of hydrogen-bond donors (Lipinski definition) is 1. The lowest BCUT2D eigenvalue weighted by molar-refractivity contribution is -0.140. The fraction of sp³-hybridized carbons (Fsp3) is 0.632. The van der Waals surface area contributed by atoms with E-state index in [-0.39, 0.29) is 17.8 Å². The second-order valence-electron chi connectivity index (χ2n) is 7.09. The molecule has 2 atom stereocenters. The van der Waals surface area contributed by atoms with Crippen LogP contribution in [0.1, 0.15) is 31.4 Å². The molecular weight excluding hydrogens is 321 g/mol. The van der Waals surface area contributed by atoms with Crippen molar-refractivity contribution in [3.63, 3.8) is 0 Å². The van der Waals surface area contributed by atoms with Crippen LogP contribution in [-0.2, 0) is 9.53 Å². The first-order valence-electron chi connectivity index (χ1n) is 9.18.